The molecule has 0 saturated carbocycles. The van der Waals surface area contributed by atoms with Crippen molar-refractivity contribution in [2.45, 2.75) is 24.8 Å². The summed E-state index contributed by atoms with van der Waals surface area (Å²) in [5, 5.41) is 0.581. The van der Waals surface area contributed by atoms with Gasteiger partial charge in [-0.25, -0.2) is 4.39 Å². The topological polar surface area (TPSA) is 35.2 Å². The lowest BCUT2D eigenvalue weighted by Crippen LogP contribution is -2.46. The molecule has 0 aromatic heterocycles. The van der Waals surface area contributed by atoms with Crippen LogP contribution in [-0.4, -0.2) is 18.8 Å². The lowest BCUT2D eigenvalue weighted by atomic mass is 9.85. The molecule has 0 atom stereocenters. The average molecular weight is 244 g/mol. The van der Waals surface area contributed by atoms with E-state index in [0.29, 0.717) is 24.7 Å². The monoisotopic (exact) mass is 243 g/mol. The largest absolute Gasteiger partial charge is 0.381 e. The van der Waals surface area contributed by atoms with Crippen LogP contribution in [0.25, 0.3) is 0 Å². The van der Waals surface area contributed by atoms with Crippen LogP contribution in [0.3, 0.4) is 0 Å². The predicted octanol–water partition coefficient (Wildman–Crippen LogP) is 2.53. The zero-order valence-corrected chi connectivity index (χ0v) is 9.77. The molecule has 0 bridgehead atoms. The molecule has 1 heterocycles. The van der Waals surface area contributed by atoms with Gasteiger partial charge in [0, 0.05) is 23.8 Å². The van der Waals surface area contributed by atoms with Crippen LogP contribution < -0.4 is 5.73 Å². The minimum atomic E-state index is -0.310. The Bertz CT molecular complexity index is 377. The van der Waals surface area contributed by atoms with Crippen molar-refractivity contribution >= 4 is 11.6 Å². The molecule has 88 valence electrons. The zero-order valence-electron chi connectivity index (χ0n) is 9.01. The van der Waals surface area contributed by atoms with Gasteiger partial charge < -0.3 is 10.5 Å². The van der Waals surface area contributed by atoms with Gasteiger partial charge in [-0.15, -0.1) is 0 Å². The number of rotatable bonds is 2. The van der Waals surface area contributed by atoms with Gasteiger partial charge in [0.25, 0.3) is 0 Å². The van der Waals surface area contributed by atoms with Crippen molar-refractivity contribution < 1.29 is 9.13 Å². The van der Waals surface area contributed by atoms with Gasteiger partial charge in [-0.1, -0.05) is 11.6 Å². The summed E-state index contributed by atoms with van der Waals surface area (Å²) in [4.78, 5) is 0. The Balaban J connectivity index is 2.15. The molecule has 0 aliphatic carbocycles. The maximum Gasteiger partial charge on any atom is 0.123 e. The van der Waals surface area contributed by atoms with Crippen molar-refractivity contribution in [1.82, 2.24) is 0 Å². The second kappa shape index (κ2) is 4.70. The second-order valence-corrected chi connectivity index (χ2v) is 4.79. The van der Waals surface area contributed by atoms with E-state index < -0.39 is 0 Å². The molecule has 0 spiro atoms. The summed E-state index contributed by atoms with van der Waals surface area (Å²) in [6.07, 6.45) is 2.19. The minimum Gasteiger partial charge on any atom is -0.381 e. The van der Waals surface area contributed by atoms with Crippen molar-refractivity contribution in [3.8, 4) is 0 Å². The maximum absolute atomic E-state index is 13.1. The highest BCUT2D eigenvalue weighted by Crippen LogP contribution is 2.26. The molecular formula is C12H15ClFNO. The number of hydrogen-bond acceptors (Lipinski definition) is 2. The second-order valence-electron chi connectivity index (χ2n) is 4.39. The van der Waals surface area contributed by atoms with Gasteiger partial charge in [-0.2, -0.15) is 0 Å². The molecule has 1 fully saturated rings. The van der Waals surface area contributed by atoms with E-state index in [1.165, 1.54) is 12.1 Å². The highest BCUT2D eigenvalue weighted by molar-refractivity contribution is 6.31. The Hall–Kier alpha value is -0.640. The first-order valence-electron chi connectivity index (χ1n) is 5.40. The normalized spacial score (nSPS) is 19.7. The Morgan fingerprint density at radius 1 is 1.38 bits per heavy atom. The van der Waals surface area contributed by atoms with Crippen molar-refractivity contribution in [2.24, 2.45) is 5.73 Å². The van der Waals surface area contributed by atoms with Crippen LogP contribution >= 0.6 is 11.6 Å². The summed E-state index contributed by atoms with van der Waals surface area (Å²) in [5.74, 6) is -0.268. The fourth-order valence-electron chi connectivity index (χ4n) is 2.01. The van der Waals surface area contributed by atoms with Gasteiger partial charge in [0.1, 0.15) is 5.82 Å². The fourth-order valence-corrected chi connectivity index (χ4v) is 2.20. The van der Waals surface area contributed by atoms with Gasteiger partial charge in [0.15, 0.2) is 0 Å². The molecule has 1 aromatic carbocycles. The van der Waals surface area contributed by atoms with E-state index in [2.05, 4.69) is 0 Å². The van der Waals surface area contributed by atoms with E-state index in [-0.39, 0.29) is 11.4 Å². The Morgan fingerprint density at radius 2 is 2.06 bits per heavy atom. The molecule has 0 radical (unpaired) electrons. The molecule has 1 aromatic rings. The van der Waals surface area contributed by atoms with Crippen LogP contribution in [0.5, 0.6) is 0 Å². The maximum atomic E-state index is 13.1. The first-order chi connectivity index (χ1) is 7.59. The molecule has 2 rings (SSSR count). The summed E-state index contributed by atoms with van der Waals surface area (Å²) >= 11 is 6.02. The third kappa shape index (κ3) is 2.73. The zero-order chi connectivity index (χ0) is 11.6. The van der Waals surface area contributed by atoms with E-state index in [1.807, 2.05) is 0 Å². The lowest BCUT2D eigenvalue weighted by Gasteiger charge is -2.33. The van der Waals surface area contributed by atoms with Gasteiger partial charge >= 0.3 is 0 Å². The van der Waals surface area contributed by atoms with Gasteiger partial charge in [0.05, 0.1) is 0 Å². The van der Waals surface area contributed by atoms with Gasteiger partial charge in [0.2, 0.25) is 0 Å². The third-order valence-corrected chi connectivity index (χ3v) is 3.41. The summed E-state index contributed by atoms with van der Waals surface area (Å²) in [7, 11) is 0. The number of hydrogen-bond donors (Lipinski definition) is 1. The summed E-state index contributed by atoms with van der Waals surface area (Å²) < 4.78 is 18.4. The molecule has 2 N–H and O–H groups in total. The summed E-state index contributed by atoms with van der Waals surface area (Å²) in [6, 6.07) is 4.40. The Labute approximate surface area is 99.5 Å². The standard InChI is InChI=1S/C12H15ClFNO/c13-11-2-1-10(14)7-9(11)8-12(15)3-5-16-6-4-12/h1-2,7H,3-6,8,15H2. The predicted molar refractivity (Wildman–Crippen MR) is 62.1 cm³/mol. The van der Waals surface area contributed by atoms with Crippen LogP contribution in [0.4, 0.5) is 4.39 Å². The number of benzene rings is 1. The first-order valence-corrected chi connectivity index (χ1v) is 5.77. The quantitative estimate of drug-likeness (QED) is 0.866. The van der Waals surface area contributed by atoms with E-state index >= 15 is 0 Å². The molecule has 1 aliphatic heterocycles. The smallest absolute Gasteiger partial charge is 0.123 e. The van der Waals surface area contributed by atoms with E-state index in [1.54, 1.807) is 6.07 Å². The van der Waals surface area contributed by atoms with Crippen LogP contribution in [0.1, 0.15) is 18.4 Å². The van der Waals surface area contributed by atoms with Crippen LogP contribution in [0.15, 0.2) is 18.2 Å². The fraction of sp³-hybridized carbons (Fsp3) is 0.500. The van der Waals surface area contributed by atoms with Crippen LogP contribution in [-0.2, 0) is 11.2 Å². The SMILES string of the molecule is NC1(Cc2cc(F)ccc2Cl)CCOCC1. The van der Waals surface area contributed by atoms with Crippen molar-refractivity contribution in [3.05, 3.63) is 34.6 Å². The molecule has 0 unspecified atom stereocenters. The number of nitrogens with two attached hydrogens (primary N) is 1. The van der Waals surface area contributed by atoms with E-state index in [9.17, 15) is 4.39 Å². The van der Waals surface area contributed by atoms with Crippen molar-refractivity contribution in [1.29, 1.82) is 0 Å². The highest BCUT2D eigenvalue weighted by atomic mass is 35.5. The number of halogens is 2. The van der Waals surface area contributed by atoms with E-state index in [0.717, 1.165) is 18.4 Å². The molecule has 1 saturated heterocycles. The first kappa shape index (κ1) is 11.8. The highest BCUT2D eigenvalue weighted by Gasteiger charge is 2.28. The molecule has 4 heteroatoms. The molecular weight excluding hydrogens is 229 g/mol. The minimum absolute atomic E-state index is 0.268. The van der Waals surface area contributed by atoms with Crippen molar-refractivity contribution in [2.75, 3.05) is 13.2 Å². The summed E-state index contributed by atoms with van der Waals surface area (Å²) in [5.41, 5.74) is 6.72. The van der Waals surface area contributed by atoms with E-state index in [4.69, 9.17) is 22.1 Å². The van der Waals surface area contributed by atoms with Crippen LogP contribution in [0.2, 0.25) is 5.02 Å². The van der Waals surface area contributed by atoms with Gasteiger partial charge in [-0.05, 0) is 43.0 Å². The van der Waals surface area contributed by atoms with Crippen molar-refractivity contribution in [3.63, 3.8) is 0 Å². The average Bonchev–Trinajstić information content (AvgIpc) is 2.24. The molecule has 1 aliphatic rings. The van der Waals surface area contributed by atoms with Crippen LogP contribution in [0, 0.1) is 5.82 Å². The molecule has 0 amide bonds. The Kier molecular flexibility index (Phi) is 3.47. The summed E-state index contributed by atoms with van der Waals surface area (Å²) in [6.45, 7) is 1.34. The molecule has 2 nitrogen and oxygen atoms in total. The molecule has 16 heavy (non-hydrogen) atoms. The van der Waals surface area contributed by atoms with Gasteiger partial charge in [-0.3, -0.25) is 0 Å². The lowest BCUT2D eigenvalue weighted by molar-refractivity contribution is 0.0533. The number of ether oxygens (including phenoxy) is 1. The third-order valence-electron chi connectivity index (χ3n) is 3.04. The Morgan fingerprint density at radius 3 is 2.75 bits per heavy atom.